The Morgan fingerprint density at radius 1 is 0.814 bits per heavy atom. The Morgan fingerprint density at radius 2 is 1.47 bits per heavy atom. The van der Waals surface area contributed by atoms with Gasteiger partial charge in [0, 0.05) is 60.1 Å². The van der Waals surface area contributed by atoms with Crippen LogP contribution in [0.15, 0.2) is 72.9 Å². The van der Waals surface area contributed by atoms with E-state index in [-0.39, 0.29) is 23.8 Å². The lowest BCUT2D eigenvalue weighted by atomic mass is 10.1. The Balaban J connectivity index is 1.05. The molecule has 0 radical (unpaired) electrons. The minimum Gasteiger partial charge on any atom is -0.444 e. The summed E-state index contributed by atoms with van der Waals surface area (Å²) in [6.45, 7) is 8.16. The summed E-state index contributed by atoms with van der Waals surface area (Å²) in [5.41, 5.74) is 4.29. The number of aromatic nitrogens is 2. The lowest BCUT2D eigenvalue weighted by molar-refractivity contribution is -0.117. The van der Waals surface area contributed by atoms with E-state index in [9.17, 15) is 14.4 Å². The molecule has 1 aromatic heterocycles. The number of fused-ring (bicyclic) bond motifs is 1. The van der Waals surface area contributed by atoms with E-state index < -0.39 is 5.60 Å². The summed E-state index contributed by atoms with van der Waals surface area (Å²) < 4.78 is 7.32. The van der Waals surface area contributed by atoms with E-state index in [2.05, 4.69) is 20.6 Å². The second-order valence-corrected chi connectivity index (χ2v) is 12.1. The first kappa shape index (κ1) is 28.3. The highest BCUT2D eigenvalue weighted by atomic mass is 16.6. The SMILES string of the molecule is CC(C)(C)OC(=O)N1CCN(c2ccc(C(=O)Nc3ccc4c(cnn4-c4ccc(NC(=O)C5CC5)cc4)c3)cc2)CC1. The smallest absolute Gasteiger partial charge is 0.410 e. The van der Waals surface area contributed by atoms with Gasteiger partial charge in [-0.25, -0.2) is 9.48 Å². The van der Waals surface area contributed by atoms with Gasteiger partial charge in [0.05, 0.1) is 17.4 Å². The first-order chi connectivity index (χ1) is 20.6. The fraction of sp³-hybridized carbons (Fsp3) is 0.333. The number of carbonyl (C=O) groups excluding carboxylic acids is 3. The van der Waals surface area contributed by atoms with Crippen molar-refractivity contribution in [2.24, 2.45) is 5.92 Å². The van der Waals surface area contributed by atoms with Crippen molar-refractivity contribution in [3.63, 3.8) is 0 Å². The molecule has 2 heterocycles. The minimum atomic E-state index is -0.512. The zero-order valence-electron chi connectivity index (χ0n) is 24.7. The standard InChI is InChI=1S/C33H36N6O4/c1-33(2,3)43-32(42)38-18-16-37(17-19-38)27-11-6-23(7-12-27)31(41)36-26-10-15-29-24(20-26)21-34-39(29)28-13-8-25(9-14-28)35-30(40)22-4-5-22/h6-15,20-22H,4-5,16-19H2,1-3H3,(H,35,40)(H,36,41). The number of hydrogen-bond donors (Lipinski definition) is 2. The zero-order chi connectivity index (χ0) is 30.1. The van der Waals surface area contributed by atoms with Crippen LogP contribution in [0.2, 0.25) is 0 Å². The zero-order valence-corrected chi connectivity index (χ0v) is 24.7. The normalized spacial score (nSPS) is 15.3. The van der Waals surface area contributed by atoms with Crippen molar-refractivity contribution in [3.05, 3.63) is 78.5 Å². The van der Waals surface area contributed by atoms with E-state index in [0.29, 0.717) is 37.4 Å². The fourth-order valence-electron chi connectivity index (χ4n) is 5.09. The maximum Gasteiger partial charge on any atom is 0.410 e. The van der Waals surface area contributed by atoms with Crippen molar-refractivity contribution >= 4 is 45.9 Å². The molecule has 10 heteroatoms. The molecule has 2 aliphatic rings. The molecule has 4 aromatic rings. The number of anilines is 3. The molecule has 0 spiro atoms. The molecule has 6 rings (SSSR count). The average molecular weight is 581 g/mol. The lowest BCUT2D eigenvalue weighted by Crippen LogP contribution is -2.50. The molecule has 1 saturated carbocycles. The van der Waals surface area contributed by atoms with Gasteiger partial charge >= 0.3 is 6.09 Å². The first-order valence-electron chi connectivity index (χ1n) is 14.7. The summed E-state index contributed by atoms with van der Waals surface area (Å²) in [4.78, 5) is 41.3. The molecule has 1 aliphatic carbocycles. The molecule has 0 bridgehead atoms. The highest BCUT2D eigenvalue weighted by Crippen LogP contribution is 2.30. The predicted molar refractivity (Wildman–Crippen MR) is 167 cm³/mol. The van der Waals surface area contributed by atoms with E-state index in [1.54, 1.807) is 11.1 Å². The number of nitrogens with zero attached hydrogens (tertiary/aromatic N) is 4. The Bertz CT molecular complexity index is 1640. The molecule has 1 aliphatic heterocycles. The Kier molecular flexibility index (Phi) is 7.52. The van der Waals surface area contributed by atoms with Crippen molar-refractivity contribution in [1.82, 2.24) is 14.7 Å². The number of nitrogens with one attached hydrogen (secondary N) is 2. The summed E-state index contributed by atoms with van der Waals surface area (Å²) in [5, 5.41) is 11.4. The van der Waals surface area contributed by atoms with Crippen molar-refractivity contribution in [3.8, 4) is 5.69 Å². The maximum absolute atomic E-state index is 13.0. The minimum absolute atomic E-state index is 0.0815. The molecule has 0 atom stereocenters. The van der Waals surface area contributed by atoms with Gasteiger partial charge in [-0.2, -0.15) is 5.10 Å². The number of ether oxygens (including phenoxy) is 1. The van der Waals surface area contributed by atoms with Crippen LogP contribution in [0.3, 0.4) is 0 Å². The number of piperazine rings is 1. The average Bonchev–Trinajstić information content (AvgIpc) is 3.77. The van der Waals surface area contributed by atoms with Crippen LogP contribution in [0, 0.1) is 5.92 Å². The molecular formula is C33H36N6O4. The van der Waals surface area contributed by atoms with E-state index in [1.165, 1.54) is 0 Å². The molecule has 0 unspecified atom stereocenters. The lowest BCUT2D eigenvalue weighted by Gasteiger charge is -2.36. The van der Waals surface area contributed by atoms with E-state index in [1.807, 2.05) is 92.2 Å². The van der Waals surface area contributed by atoms with E-state index in [4.69, 9.17) is 4.74 Å². The van der Waals surface area contributed by atoms with E-state index in [0.717, 1.165) is 40.8 Å². The fourth-order valence-corrected chi connectivity index (χ4v) is 5.09. The van der Waals surface area contributed by atoms with Crippen molar-refractivity contribution < 1.29 is 19.1 Å². The third-order valence-electron chi connectivity index (χ3n) is 7.58. The number of hydrogen-bond acceptors (Lipinski definition) is 6. The second-order valence-electron chi connectivity index (χ2n) is 12.1. The van der Waals surface area contributed by atoms with Gasteiger partial charge in [0.1, 0.15) is 5.60 Å². The number of amides is 3. The molecule has 3 aromatic carbocycles. The third kappa shape index (κ3) is 6.63. The van der Waals surface area contributed by atoms with Gasteiger partial charge in [0.25, 0.3) is 5.91 Å². The maximum atomic E-state index is 13.0. The highest BCUT2D eigenvalue weighted by molar-refractivity contribution is 6.05. The van der Waals surface area contributed by atoms with Crippen LogP contribution in [0.25, 0.3) is 16.6 Å². The van der Waals surface area contributed by atoms with Gasteiger partial charge in [-0.1, -0.05) is 0 Å². The summed E-state index contributed by atoms with van der Waals surface area (Å²) in [6, 6.07) is 20.8. The molecule has 1 saturated heterocycles. The predicted octanol–water partition coefficient (Wildman–Crippen LogP) is 5.68. The molecule has 2 N–H and O–H groups in total. The van der Waals surface area contributed by atoms with Crippen molar-refractivity contribution in [1.29, 1.82) is 0 Å². The summed E-state index contributed by atoms with van der Waals surface area (Å²) in [7, 11) is 0. The van der Waals surface area contributed by atoms with Gasteiger partial charge in [-0.05, 0) is 100 Å². The molecule has 222 valence electrons. The summed E-state index contributed by atoms with van der Waals surface area (Å²) in [6.07, 6.45) is 3.42. The summed E-state index contributed by atoms with van der Waals surface area (Å²) >= 11 is 0. The quantitative estimate of drug-likeness (QED) is 0.304. The Labute approximate surface area is 250 Å². The van der Waals surface area contributed by atoms with Gasteiger partial charge < -0.3 is 25.2 Å². The third-order valence-corrected chi connectivity index (χ3v) is 7.58. The van der Waals surface area contributed by atoms with Gasteiger partial charge in [-0.15, -0.1) is 0 Å². The van der Waals surface area contributed by atoms with E-state index >= 15 is 0 Å². The second kappa shape index (κ2) is 11.4. The largest absolute Gasteiger partial charge is 0.444 e. The van der Waals surface area contributed by atoms with Gasteiger partial charge in [0.15, 0.2) is 0 Å². The molecule has 10 nitrogen and oxygen atoms in total. The number of carbonyl (C=O) groups is 3. The van der Waals surface area contributed by atoms with Crippen LogP contribution in [0.1, 0.15) is 44.0 Å². The molecule has 3 amide bonds. The van der Waals surface area contributed by atoms with Crippen LogP contribution in [-0.4, -0.2) is 64.4 Å². The van der Waals surface area contributed by atoms with Gasteiger partial charge in [0.2, 0.25) is 5.91 Å². The van der Waals surface area contributed by atoms with Crippen LogP contribution >= 0.6 is 0 Å². The highest BCUT2D eigenvalue weighted by Gasteiger charge is 2.29. The Morgan fingerprint density at radius 3 is 2.12 bits per heavy atom. The van der Waals surface area contributed by atoms with Crippen LogP contribution < -0.4 is 15.5 Å². The summed E-state index contributed by atoms with van der Waals surface area (Å²) in [5.74, 6) is 0.0404. The van der Waals surface area contributed by atoms with Crippen LogP contribution in [-0.2, 0) is 9.53 Å². The number of benzene rings is 3. The first-order valence-corrected chi connectivity index (χ1v) is 14.7. The molecular weight excluding hydrogens is 544 g/mol. The van der Waals surface area contributed by atoms with Crippen molar-refractivity contribution in [2.75, 3.05) is 41.7 Å². The topological polar surface area (TPSA) is 109 Å². The monoisotopic (exact) mass is 580 g/mol. The Hall–Kier alpha value is -4.86. The van der Waals surface area contributed by atoms with Gasteiger partial charge in [-0.3, -0.25) is 9.59 Å². The molecule has 43 heavy (non-hydrogen) atoms. The molecule has 2 fully saturated rings. The van der Waals surface area contributed by atoms with Crippen molar-refractivity contribution in [2.45, 2.75) is 39.2 Å². The van der Waals surface area contributed by atoms with Crippen LogP contribution in [0.4, 0.5) is 21.9 Å². The number of rotatable bonds is 6. The van der Waals surface area contributed by atoms with Crippen LogP contribution in [0.5, 0.6) is 0 Å².